The molecule has 1 amide bonds. The van der Waals surface area contributed by atoms with E-state index in [1.54, 1.807) is 0 Å². The Hall–Kier alpha value is -2.57. The van der Waals surface area contributed by atoms with E-state index in [1.165, 1.54) is 18.2 Å². The number of hydrogen-bond donors (Lipinski definition) is 2. The molecule has 1 aromatic heterocycles. The van der Waals surface area contributed by atoms with E-state index in [4.69, 9.17) is 4.42 Å². The predicted octanol–water partition coefficient (Wildman–Crippen LogP) is 1.88. The smallest absolute Gasteiger partial charge is 0.289 e. The minimum Gasteiger partial charge on any atom is -0.449 e. The van der Waals surface area contributed by atoms with Gasteiger partial charge in [0.05, 0.1) is 16.0 Å². The summed E-state index contributed by atoms with van der Waals surface area (Å²) in [5.41, 5.74) is 0.934. The molecule has 7 heteroatoms. The van der Waals surface area contributed by atoms with Gasteiger partial charge in [-0.05, 0) is 13.0 Å². The van der Waals surface area contributed by atoms with Crippen molar-refractivity contribution in [2.45, 2.75) is 13.0 Å². The van der Waals surface area contributed by atoms with Gasteiger partial charge < -0.3 is 15.1 Å². The standard InChI is InChI=1S/C12H11N3O4/c1-6-5-13-10-8-4-7(15(17)18)2-3-9(8)19-11(10)12(16)14-6/h2-4,6,13H,5H2,1H3,(H,14,16)/t6-/m1/s1. The van der Waals surface area contributed by atoms with Crippen molar-refractivity contribution in [2.24, 2.45) is 0 Å². The minimum atomic E-state index is -0.474. The van der Waals surface area contributed by atoms with Crippen LogP contribution in [-0.2, 0) is 0 Å². The Morgan fingerprint density at radius 3 is 3.00 bits per heavy atom. The summed E-state index contributed by atoms with van der Waals surface area (Å²) in [6.45, 7) is 2.40. The molecule has 0 unspecified atom stereocenters. The van der Waals surface area contributed by atoms with E-state index in [-0.39, 0.29) is 23.4 Å². The number of furan rings is 1. The third-order valence-corrected chi connectivity index (χ3v) is 3.05. The van der Waals surface area contributed by atoms with Gasteiger partial charge in [0.25, 0.3) is 11.6 Å². The number of carbonyl (C=O) groups is 1. The van der Waals surface area contributed by atoms with Gasteiger partial charge in [-0.15, -0.1) is 0 Å². The van der Waals surface area contributed by atoms with Crippen molar-refractivity contribution in [3.8, 4) is 0 Å². The van der Waals surface area contributed by atoms with Crippen LogP contribution in [0.4, 0.5) is 11.4 Å². The zero-order valence-corrected chi connectivity index (χ0v) is 10.1. The fraction of sp³-hybridized carbons (Fsp3) is 0.250. The van der Waals surface area contributed by atoms with E-state index in [0.29, 0.717) is 23.2 Å². The molecule has 2 N–H and O–H groups in total. The number of anilines is 1. The molecule has 0 radical (unpaired) electrons. The van der Waals surface area contributed by atoms with Crippen molar-refractivity contribution < 1.29 is 14.1 Å². The highest BCUT2D eigenvalue weighted by atomic mass is 16.6. The lowest BCUT2D eigenvalue weighted by Crippen LogP contribution is -2.34. The van der Waals surface area contributed by atoms with Gasteiger partial charge >= 0.3 is 0 Å². The van der Waals surface area contributed by atoms with E-state index < -0.39 is 4.92 Å². The third kappa shape index (κ3) is 1.79. The van der Waals surface area contributed by atoms with Crippen LogP contribution >= 0.6 is 0 Å². The molecule has 0 saturated carbocycles. The maximum Gasteiger partial charge on any atom is 0.289 e. The van der Waals surface area contributed by atoms with Crippen molar-refractivity contribution in [3.63, 3.8) is 0 Å². The second kappa shape index (κ2) is 3.98. The van der Waals surface area contributed by atoms with Crippen LogP contribution in [0.3, 0.4) is 0 Å². The van der Waals surface area contributed by atoms with Gasteiger partial charge in [0.15, 0.2) is 0 Å². The molecular weight excluding hydrogens is 250 g/mol. The first-order valence-electron chi connectivity index (χ1n) is 5.82. The Morgan fingerprint density at radius 2 is 2.26 bits per heavy atom. The first-order valence-corrected chi connectivity index (χ1v) is 5.82. The number of non-ortho nitro benzene ring substituents is 1. The molecule has 1 aliphatic heterocycles. The fourth-order valence-corrected chi connectivity index (χ4v) is 2.13. The van der Waals surface area contributed by atoms with Crippen molar-refractivity contribution >= 4 is 28.3 Å². The molecule has 1 atom stereocenters. The van der Waals surface area contributed by atoms with Crippen LogP contribution in [0.25, 0.3) is 11.0 Å². The van der Waals surface area contributed by atoms with Crippen LogP contribution in [0.5, 0.6) is 0 Å². The maximum absolute atomic E-state index is 11.9. The van der Waals surface area contributed by atoms with E-state index in [1.807, 2.05) is 6.92 Å². The number of nitro groups is 1. The summed E-state index contributed by atoms with van der Waals surface area (Å²) < 4.78 is 5.47. The highest BCUT2D eigenvalue weighted by molar-refractivity contribution is 6.07. The fourth-order valence-electron chi connectivity index (χ4n) is 2.13. The number of hydrogen-bond acceptors (Lipinski definition) is 5. The maximum atomic E-state index is 11.9. The number of fused-ring (bicyclic) bond motifs is 3. The predicted molar refractivity (Wildman–Crippen MR) is 68.3 cm³/mol. The second-order valence-corrected chi connectivity index (χ2v) is 4.50. The Kier molecular flexibility index (Phi) is 2.41. The number of rotatable bonds is 1. The molecule has 7 nitrogen and oxygen atoms in total. The molecule has 2 heterocycles. The molecule has 0 saturated heterocycles. The lowest BCUT2D eigenvalue weighted by Gasteiger charge is -2.08. The van der Waals surface area contributed by atoms with Crippen LogP contribution in [0, 0.1) is 10.1 Å². The molecule has 0 fully saturated rings. The van der Waals surface area contributed by atoms with Crippen molar-refractivity contribution in [1.29, 1.82) is 0 Å². The lowest BCUT2D eigenvalue weighted by molar-refractivity contribution is -0.384. The van der Waals surface area contributed by atoms with E-state index in [0.717, 1.165) is 0 Å². The molecule has 0 bridgehead atoms. The summed E-state index contributed by atoms with van der Waals surface area (Å²) in [6, 6.07) is 4.23. The lowest BCUT2D eigenvalue weighted by atomic mass is 10.2. The molecular formula is C12H11N3O4. The molecule has 19 heavy (non-hydrogen) atoms. The topological polar surface area (TPSA) is 97.4 Å². The number of nitrogens with one attached hydrogen (secondary N) is 2. The Labute approximate surface area is 107 Å². The second-order valence-electron chi connectivity index (χ2n) is 4.50. The van der Waals surface area contributed by atoms with Gasteiger partial charge in [-0.25, -0.2) is 0 Å². The first kappa shape index (κ1) is 11.5. The quantitative estimate of drug-likeness (QED) is 0.603. The summed E-state index contributed by atoms with van der Waals surface area (Å²) in [5, 5.41) is 17.2. The summed E-state index contributed by atoms with van der Waals surface area (Å²) in [4.78, 5) is 22.2. The van der Waals surface area contributed by atoms with Gasteiger partial charge in [-0.2, -0.15) is 0 Å². The van der Waals surface area contributed by atoms with E-state index in [2.05, 4.69) is 10.6 Å². The Bertz CT molecular complexity index is 692. The summed E-state index contributed by atoms with van der Waals surface area (Å²) in [6.07, 6.45) is 0. The van der Waals surface area contributed by atoms with Crippen LogP contribution < -0.4 is 10.6 Å². The van der Waals surface area contributed by atoms with Crippen molar-refractivity contribution in [1.82, 2.24) is 5.32 Å². The molecule has 3 rings (SSSR count). The molecule has 2 aromatic rings. The van der Waals surface area contributed by atoms with Gasteiger partial charge in [-0.1, -0.05) is 0 Å². The van der Waals surface area contributed by atoms with Gasteiger partial charge in [0.2, 0.25) is 5.76 Å². The molecule has 98 valence electrons. The average Bonchev–Trinajstić information content (AvgIpc) is 2.67. The number of nitro benzene ring substituents is 1. The van der Waals surface area contributed by atoms with Crippen LogP contribution in [0.1, 0.15) is 17.5 Å². The minimum absolute atomic E-state index is 0.0318. The third-order valence-electron chi connectivity index (χ3n) is 3.05. The Morgan fingerprint density at radius 1 is 1.47 bits per heavy atom. The summed E-state index contributed by atoms with van der Waals surface area (Å²) in [7, 11) is 0. The molecule has 0 spiro atoms. The van der Waals surface area contributed by atoms with Gasteiger partial charge in [0.1, 0.15) is 5.58 Å². The number of nitrogens with zero attached hydrogens (tertiary/aromatic N) is 1. The Balaban J connectivity index is 2.21. The monoisotopic (exact) mass is 261 g/mol. The van der Waals surface area contributed by atoms with E-state index >= 15 is 0 Å². The van der Waals surface area contributed by atoms with Crippen LogP contribution in [0.15, 0.2) is 22.6 Å². The number of benzene rings is 1. The van der Waals surface area contributed by atoms with Crippen molar-refractivity contribution in [3.05, 3.63) is 34.1 Å². The zero-order valence-electron chi connectivity index (χ0n) is 10.1. The largest absolute Gasteiger partial charge is 0.449 e. The normalized spacial score (nSPS) is 18.4. The number of carbonyl (C=O) groups excluding carboxylic acids is 1. The molecule has 1 aliphatic rings. The van der Waals surface area contributed by atoms with Crippen LogP contribution in [0.2, 0.25) is 0 Å². The highest BCUT2D eigenvalue weighted by Crippen LogP contribution is 2.34. The van der Waals surface area contributed by atoms with Crippen molar-refractivity contribution in [2.75, 3.05) is 11.9 Å². The summed E-state index contributed by atoms with van der Waals surface area (Å²) >= 11 is 0. The molecule has 0 aliphatic carbocycles. The molecule has 1 aromatic carbocycles. The highest BCUT2D eigenvalue weighted by Gasteiger charge is 2.26. The van der Waals surface area contributed by atoms with E-state index in [9.17, 15) is 14.9 Å². The summed E-state index contributed by atoms with van der Waals surface area (Å²) in [5.74, 6) is -0.147. The van der Waals surface area contributed by atoms with Gasteiger partial charge in [0, 0.05) is 24.7 Å². The van der Waals surface area contributed by atoms with Gasteiger partial charge in [-0.3, -0.25) is 14.9 Å². The first-order chi connectivity index (χ1) is 9.06. The average molecular weight is 261 g/mol. The zero-order chi connectivity index (χ0) is 13.6. The SMILES string of the molecule is C[C@@H]1CNc2c(oc3ccc([N+](=O)[O-])cc23)C(=O)N1. The number of amides is 1. The van der Waals surface area contributed by atoms with Crippen LogP contribution in [-0.4, -0.2) is 23.4 Å².